The minimum Gasteiger partial charge on any atom is -0.569 e. The van der Waals surface area contributed by atoms with Crippen LogP contribution in [0.3, 0.4) is 0 Å². The molecule has 2 atom stereocenters. The highest BCUT2D eigenvalue weighted by Crippen LogP contribution is 2.09. The van der Waals surface area contributed by atoms with Crippen LogP contribution in [0.5, 0.6) is 0 Å². The number of hydrazine groups is 1. The van der Waals surface area contributed by atoms with Crippen molar-refractivity contribution in [2.45, 2.75) is 39.0 Å². The highest BCUT2D eigenvalue weighted by Gasteiger charge is 2.29. The fourth-order valence-electron chi connectivity index (χ4n) is 1.79. The highest BCUT2D eigenvalue weighted by atomic mass is 16.8. The summed E-state index contributed by atoms with van der Waals surface area (Å²) in [6.07, 6.45) is -0.784. The molecule has 0 saturated carbocycles. The van der Waals surface area contributed by atoms with Gasteiger partial charge in [-0.3, -0.25) is 9.63 Å². The normalized spacial score (nSPS) is 13.7. The molecule has 0 fully saturated rings. The minimum absolute atomic E-state index is 0.0119. The molecule has 0 heterocycles. The molecular weight excluding hydrogens is 318 g/mol. The second kappa shape index (κ2) is 9.33. The number of esters is 1. The Balaban J connectivity index is 2.71. The lowest BCUT2D eigenvalue weighted by Gasteiger charge is -2.20. The van der Waals surface area contributed by atoms with Crippen LogP contribution < -0.4 is 0 Å². The Kier molecular flexibility index (Phi) is 7.47. The van der Waals surface area contributed by atoms with Crippen molar-refractivity contribution < 1.29 is 29.2 Å². The van der Waals surface area contributed by atoms with E-state index in [4.69, 9.17) is 9.57 Å². The molecule has 9 heteroatoms. The number of hydrogen-bond acceptors (Lipinski definition) is 6. The molecule has 0 aliphatic rings. The molecule has 0 aliphatic carbocycles. The summed E-state index contributed by atoms with van der Waals surface area (Å²) < 4.78 is 4.78. The third kappa shape index (κ3) is 6.11. The Hall–Kier alpha value is -2.84. The van der Waals surface area contributed by atoms with Gasteiger partial charge >= 0.3 is 11.9 Å². The van der Waals surface area contributed by atoms with E-state index in [9.17, 15) is 19.9 Å². The molecule has 0 aliphatic heterocycles. The summed E-state index contributed by atoms with van der Waals surface area (Å²) in [5.41, 5.74) is 0.760. The molecule has 1 rings (SSSR count). The molecule has 1 N–H and O–H groups in total. The second-order valence-electron chi connectivity index (χ2n) is 4.97. The number of carboxylic acid groups (broad SMARTS) is 1. The molecule has 0 spiro atoms. The van der Waals surface area contributed by atoms with Crippen LogP contribution in [-0.4, -0.2) is 46.4 Å². The summed E-state index contributed by atoms with van der Waals surface area (Å²) in [5, 5.41) is 25.3. The molecular formula is C15H21N3O6. The van der Waals surface area contributed by atoms with Gasteiger partial charge in [-0.25, -0.2) is 4.79 Å². The zero-order valence-electron chi connectivity index (χ0n) is 13.8. The summed E-state index contributed by atoms with van der Waals surface area (Å²) in [6, 6.07) is 7.76. The number of benzene rings is 1. The first-order valence-corrected chi connectivity index (χ1v) is 7.38. The number of carbonyl (C=O) groups is 2. The van der Waals surface area contributed by atoms with Crippen molar-refractivity contribution in [1.82, 2.24) is 5.01 Å². The first-order valence-electron chi connectivity index (χ1n) is 7.38. The molecule has 0 radical (unpaired) electrons. The molecule has 1 aromatic carbocycles. The van der Waals surface area contributed by atoms with E-state index in [2.05, 4.69) is 5.28 Å². The summed E-state index contributed by atoms with van der Waals surface area (Å²) in [5.74, 6) is -1.68. The van der Waals surface area contributed by atoms with Crippen molar-refractivity contribution in [2.75, 3.05) is 7.05 Å². The van der Waals surface area contributed by atoms with Crippen LogP contribution in [0.4, 0.5) is 0 Å². The van der Waals surface area contributed by atoms with E-state index in [-0.39, 0.29) is 17.8 Å². The van der Waals surface area contributed by atoms with Crippen molar-refractivity contribution in [3.63, 3.8) is 0 Å². The van der Waals surface area contributed by atoms with Gasteiger partial charge < -0.3 is 15.1 Å². The van der Waals surface area contributed by atoms with Gasteiger partial charge in [0.15, 0.2) is 6.04 Å². The van der Waals surface area contributed by atoms with Gasteiger partial charge in [0.05, 0.1) is 12.0 Å². The number of carboxylic acids is 1. The van der Waals surface area contributed by atoms with E-state index < -0.39 is 24.3 Å². The van der Waals surface area contributed by atoms with Crippen LogP contribution in [0.1, 0.15) is 25.8 Å². The van der Waals surface area contributed by atoms with Crippen LogP contribution in [0.15, 0.2) is 35.6 Å². The van der Waals surface area contributed by atoms with Crippen molar-refractivity contribution in [2.24, 2.45) is 5.28 Å². The number of ether oxygens (including phenoxy) is 1. The Morgan fingerprint density at radius 2 is 2.00 bits per heavy atom. The van der Waals surface area contributed by atoms with Gasteiger partial charge in [0, 0.05) is 19.8 Å². The van der Waals surface area contributed by atoms with Gasteiger partial charge in [0.25, 0.3) is 6.29 Å². The lowest BCUT2D eigenvalue weighted by atomic mass is 10.1. The molecule has 1 aromatic rings. The zero-order valence-corrected chi connectivity index (χ0v) is 13.8. The van der Waals surface area contributed by atoms with Crippen LogP contribution in [0, 0.1) is 5.21 Å². The molecule has 0 amide bonds. The molecule has 132 valence electrons. The Morgan fingerprint density at radius 3 is 2.54 bits per heavy atom. The van der Waals surface area contributed by atoms with Crippen LogP contribution in [-0.2, 0) is 25.6 Å². The summed E-state index contributed by atoms with van der Waals surface area (Å²) >= 11 is 0. The zero-order chi connectivity index (χ0) is 18.1. The summed E-state index contributed by atoms with van der Waals surface area (Å²) in [4.78, 5) is 27.2. The quantitative estimate of drug-likeness (QED) is 0.239. The number of hydrogen-bond donors (Lipinski definition) is 1. The van der Waals surface area contributed by atoms with E-state index in [1.54, 1.807) is 31.2 Å². The van der Waals surface area contributed by atoms with Gasteiger partial charge in [0.1, 0.15) is 0 Å². The standard InChI is InChI=1S/C15H21N3O6/c1-4-14(19)23-11(2)24-16-18(22)17(3)13(15(20)21)10-12-8-6-5-7-9-12/h5-9,11,13H,4,10H2,1-3H3,(H,20,21)/b18-16-/t11?,13-/m0/s1. The van der Waals surface area contributed by atoms with Crippen molar-refractivity contribution >= 4 is 11.9 Å². The van der Waals surface area contributed by atoms with Gasteiger partial charge in [-0.15, -0.1) is 5.01 Å². The molecule has 0 bridgehead atoms. The maximum Gasteiger partial charge on any atom is 0.332 e. The number of aliphatic carboxylic acids is 1. The van der Waals surface area contributed by atoms with Crippen molar-refractivity contribution in [1.29, 1.82) is 0 Å². The molecule has 1 unspecified atom stereocenters. The number of carbonyl (C=O) groups excluding carboxylic acids is 1. The lowest BCUT2D eigenvalue weighted by molar-refractivity contribution is -0.712. The maximum absolute atomic E-state index is 11.9. The lowest BCUT2D eigenvalue weighted by Crippen LogP contribution is -2.44. The molecule has 0 saturated heterocycles. The maximum atomic E-state index is 11.9. The van der Waals surface area contributed by atoms with Crippen LogP contribution >= 0.6 is 0 Å². The summed E-state index contributed by atoms with van der Waals surface area (Å²) in [7, 11) is 1.28. The SMILES string of the molecule is CCC(=O)OC(C)O/N=[N+](\[O-])N(C)[C@@H](Cc1ccccc1)C(=O)O. The van der Waals surface area contributed by atoms with Crippen LogP contribution in [0.25, 0.3) is 0 Å². The van der Waals surface area contributed by atoms with Crippen LogP contribution in [0.2, 0.25) is 0 Å². The van der Waals surface area contributed by atoms with E-state index in [0.717, 1.165) is 10.6 Å². The number of nitrogens with zero attached hydrogens (tertiary/aromatic N) is 3. The van der Waals surface area contributed by atoms with Gasteiger partial charge in [-0.05, 0) is 5.56 Å². The largest absolute Gasteiger partial charge is 0.569 e. The first kappa shape index (κ1) is 19.2. The second-order valence-corrected chi connectivity index (χ2v) is 4.97. The Morgan fingerprint density at radius 1 is 1.38 bits per heavy atom. The van der Waals surface area contributed by atoms with E-state index in [1.165, 1.54) is 14.0 Å². The highest BCUT2D eigenvalue weighted by molar-refractivity contribution is 5.73. The Labute approximate surface area is 139 Å². The van der Waals surface area contributed by atoms with Crippen molar-refractivity contribution in [3.05, 3.63) is 41.1 Å². The molecule has 0 aromatic heterocycles. The third-order valence-electron chi connectivity index (χ3n) is 3.13. The van der Waals surface area contributed by atoms with E-state index in [1.807, 2.05) is 6.07 Å². The smallest absolute Gasteiger partial charge is 0.332 e. The van der Waals surface area contributed by atoms with Gasteiger partial charge in [0.2, 0.25) is 5.28 Å². The molecule has 9 nitrogen and oxygen atoms in total. The van der Waals surface area contributed by atoms with E-state index in [0.29, 0.717) is 0 Å². The number of likely N-dealkylation sites (N-methyl/N-ethyl adjacent to an activating group) is 1. The topological polar surface area (TPSA) is 114 Å². The Bertz CT molecular complexity index is 578. The minimum atomic E-state index is -1.18. The first-order chi connectivity index (χ1) is 11.3. The predicted molar refractivity (Wildman–Crippen MR) is 82.3 cm³/mol. The average Bonchev–Trinajstić information content (AvgIpc) is 2.57. The van der Waals surface area contributed by atoms with E-state index >= 15 is 0 Å². The molecule has 24 heavy (non-hydrogen) atoms. The number of rotatable bonds is 9. The summed E-state index contributed by atoms with van der Waals surface area (Å²) in [6.45, 7) is 3.00. The fraction of sp³-hybridized carbons (Fsp3) is 0.467. The van der Waals surface area contributed by atoms with Crippen molar-refractivity contribution in [3.8, 4) is 0 Å². The fourth-order valence-corrected chi connectivity index (χ4v) is 1.79. The predicted octanol–water partition coefficient (Wildman–Crippen LogP) is 1.72. The average molecular weight is 339 g/mol. The van der Waals surface area contributed by atoms with Gasteiger partial charge in [-0.2, -0.15) is 0 Å². The van der Waals surface area contributed by atoms with Gasteiger partial charge in [-0.1, -0.05) is 37.3 Å². The third-order valence-corrected chi connectivity index (χ3v) is 3.13. The monoisotopic (exact) mass is 339 g/mol.